The monoisotopic (exact) mass is 218 g/mol. The minimum Gasteiger partial charge on any atom is -0.329 e. The molecule has 2 rings (SSSR count). The molecule has 1 fully saturated rings. The number of nitrogens with two attached hydrogens (primary N) is 1. The Morgan fingerprint density at radius 3 is 2.81 bits per heavy atom. The molecule has 3 heteroatoms. The number of aryl methyl sites for hydroxylation is 1. The number of carbonyl (C=O) groups excluding carboxylic acids is 1. The third kappa shape index (κ3) is 2.42. The molecule has 1 aliphatic rings. The Hall–Kier alpha value is -1.35. The van der Waals surface area contributed by atoms with Crippen LogP contribution in [-0.2, 0) is 4.79 Å². The molecule has 1 aliphatic carbocycles. The number of nitrogens with zero attached hydrogens (tertiary/aromatic N) is 1. The quantitative estimate of drug-likeness (QED) is 0.836. The molecule has 0 heterocycles. The van der Waals surface area contributed by atoms with Crippen LogP contribution >= 0.6 is 0 Å². The average molecular weight is 218 g/mol. The largest absolute Gasteiger partial charge is 0.329 e. The molecule has 3 nitrogen and oxygen atoms in total. The summed E-state index contributed by atoms with van der Waals surface area (Å²) in [6.07, 6.45) is 2.07. The first-order valence-corrected chi connectivity index (χ1v) is 5.80. The average Bonchev–Trinajstić information content (AvgIpc) is 3.08. The van der Waals surface area contributed by atoms with Crippen molar-refractivity contribution in [3.8, 4) is 0 Å². The summed E-state index contributed by atoms with van der Waals surface area (Å²) in [7, 11) is 0. The summed E-state index contributed by atoms with van der Waals surface area (Å²) in [5.74, 6) is 0.475. The summed E-state index contributed by atoms with van der Waals surface area (Å²) in [5.41, 5.74) is 7.71. The van der Waals surface area contributed by atoms with E-state index in [0.29, 0.717) is 13.1 Å². The zero-order chi connectivity index (χ0) is 11.5. The molecule has 0 atom stereocenters. The second kappa shape index (κ2) is 4.66. The zero-order valence-corrected chi connectivity index (χ0v) is 9.65. The number of anilines is 1. The molecule has 0 radical (unpaired) electrons. The van der Waals surface area contributed by atoms with Gasteiger partial charge >= 0.3 is 0 Å². The van der Waals surface area contributed by atoms with Gasteiger partial charge in [-0.05, 0) is 37.5 Å². The SMILES string of the molecule is Cc1cccc(N(CCN)C(=O)C2CC2)c1. The molecular formula is C13H18N2O. The van der Waals surface area contributed by atoms with Crippen molar-refractivity contribution in [3.63, 3.8) is 0 Å². The van der Waals surface area contributed by atoms with Gasteiger partial charge in [-0.15, -0.1) is 0 Å². The lowest BCUT2D eigenvalue weighted by molar-refractivity contribution is -0.119. The molecule has 2 N–H and O–H groups in total. The van der Waals surface area contributed by atoms with Crippen molar-refractivity contribution in [2.24, 2.45) is 11.7 Å². The van der Waals surface area contributed by atoms with Gasteiger partial charge in [-0.2, -0.15) is 0 Å². The third-order valence-electron chi connectivity index (χ3n) is 2.86. The predicted octanol–water partition coefficient (Wildman–Crippen LogP) is 1.70. The number of hydrogen-bond donors (Lipinski definition) is 1. The van der Waals surface area contributed by atoms with E-state index in [1.54, 1.807) is 0 Å². The van der Waals surface area contributed by atoms with Crippen LogP contribution in [-0.4, -0.2) is 19.0 Å². The Labute approximate surface area is 96.2 Å². The second-order valence-corrected chi connectivity index (χ2v) is 4.39. The summed E-state index contributed by atoms with van der Waals surface area (Å²) in [6.45, 7) is 3.15. The van der Waals surface area contributed by atoms with Crippen LogP contribution in [0.4, 0.5) is 5.69 Å². The maximum Gasteiger partial charge on any atom is 0.230 e. The van der Waals surface area contributed by atoms with Crippen molar-refractivity contribution in [1.29, 1.82) is 0 Å². The number of hydrogen-bond acceptors (Lipinski definition) is 2. The summed E-state index contributed by atoms with van der Waals surface area (Å²) < 4.78 is 0. The van der Waals surface area contributed by atoms with Gasteiger partial charge in [0.15, 0.2) is 0 Å². The molecule has 0 aromatic heterocycles. The lowest BCUT2D eigenvalue weighted by atomic mass is 10.2. The first-order chi connectivity index (χ1) is 7.72. The third-order valence-corrected chi connectivity index (χ3v) is 2.86. The smallest absolute Gasteiger partial charge is 0.230 e. The first-order valence-electron chi connectivity index (χ1n) is 5.80. The molecule has 0 spiro atoms. The summed E-state index contributed by atoms with van der Waals surface area (Å²) in [6, 6.07) is 8.03. The van der Waals surface area contributed by atoms with Gasteiger partial charge in [-0.25, -0.2) is 0 Å². The highest BCUT2D eigenvalue weighted by Gasteiger charge is 2.33. The van der Waals surface area contributed by atoms with Crippen molar-refractivity contribution in [2.45, 2.75) is 19.8 Å². The molecule has 1 aromatic rings. The fourth-order valence-corrected chi connectivity index (χ4v) is 1.84. The number of benzene rings is 1. The van der Waals surface area contributed by atoms with Crippen LogP contribution in [0.5, 0.6) is 0 Å². The van der Waals surface area contributed by atoms with Crippen molar-refractivity contribution in [3.05, 3.63) is 29.8 Å². The van der Waals surface area contributed by atoms with Gasteiger partial charge in [0.1, 0.15) is 0 Å². The molecule has 16 heavy (non-hydrogen) atoms. The summed E-state index contributed by atoms with van der Waals surface area (Å²) >= 11 is 0. The van der Waals surface area contributed by atoms with Gasteiger partial charge in [-0.3, -0.25) is 4.79 Å². The minimum absolute atomic E-state index is 0.232. The Morgan fingerprint density at radius 2 is 2.25 bits per heavy atom. The van der Waals surface area contributed by atoms with Crippen LogP contribution in [0.1, 0.15) is 18.4 Å². The lowest BCUT2D eigenvalue weighted by Crippen LogP contribution is -2.36. The van der Waals surface area contributed by atoms with Crippen LogP contribution in [0.2, 0.25) is 0 Å². The van der Waals surface area contributed by atoms with Crippen LogP contribution in [0.15, 0.2) is 24.3 Å². The predicted molar refractivity (Wildman–Crippen MR) is 65.3 cm³/mol. The van der Waals surface area contributed by atoms with E-state index in [1.807, 2.05) is 36.1 Å². The van der Waals surface area contributed by atoms with E-state index in [1.165, 1.54) is 5.56 Å². The molecular weight excluding hydrogens is 200 g/mol. The van der Waals surface area contributed by atoms with E-state index >= 15 is 0 Å². The van der Waals surface area contributed by atoms with Gasteiger partial charge in [0.05, 0.1) is 0 Å². The first kappa shape index (κ1) is 11.1. The Morgan fingerprint density at radius 1 is 1.50 bits per heavy atom. The molecule has 1 saturated carbocycles. The Kier molecular flexibility index (Phi) is 3.25. The van der Waals surface area contributed by atoms with Crippen LogP contribution in [0.25, 0.3) is 0 Å². The minimum atomic E-state index is 0.232. The fraction of sp³-hybridized carbons (Fsp3) is 0.462. The molecule has 0 saturated heterocycles. The van der Waals surface area contributed by atoms with Crippen LogP contribution < -0.4 is 10.6 Å². The number of rotatable bonds is 4. The highest BCUT2D eigenvalue weighted by Crippen LogP contribution is 2.32. The normalized spacial score (nSPS) is 14.9. The van der Waals surface area contributed by atoms with Crippen molar-refractivity contribution >= 4 is 11.6 Å². The van der Waals surface area contributed by atoms with E-state index in [-0.39, 0.29) is 11.8 Å². The maximum absolute atomic E-state index is 12.1. The second-order valence-electron chi connectivity index (χ2n) is 4.39. The van der Waals surface area contributed by atoms with E-state index in [2.05, 4.69) is 0 Å². The van der Waals surface area contributed by atoms with Gasteiger partial charge in [0.25, 0.3) is 0 Å². The van der Waals surface area contributed by atoms with Gasteiger partial charge in [0, 0.05) is 24.7 Å². The summed E-state index contributed by atoms with van der Waals surface area (Å²) in [5, 5.41) is 0. The van der Waals surface area contributed by atoms with Gasteiger partial charge in [-0.1, -0.05) is 12.1 Å². The van der Waals surface area contributed by atoms with E-state index in [4.69, 9.17) is 5.73 Å². The molecule has 1 aromatic carbocycles. The Balaban J connectivity index is 2.20. The molecule has 1 amide bonds. The summed E-state index contributed by atoms with van der Waals surface area (Å²) in [4.78, 5) is 13.9. The number of carbonyl (C=O) groups is 1. The van der Waals surface area contributed by atoms with Crippen molar-refractivity contribution < 1.29 is 4.79 Å². The Bertz CT molecular complexity index is 385. The highest BCUT2D eigenvalue weighted by atomic mass is 16.2. The molecule has 86 valence electrons. The molecule has 0 aliphatic heterocycles. The number of amides is 1. The van der Waals surface area contributed by atoms with Crippen LogP contribution in [0, 0.1) is 12.8 Å². The standard InChI is InChI=1S/C13H18N2O/c1-10-3-2-4-12(9-10)15(8-7-14)13(16)11-5-6-11/h2-4,9,11H,5-8,14H2,1H3. The van der Waals surface area contributed by atoms with Crippen molar-refractivity contribution in [2.75, 3.05) is 18.0 Å². The maximum atomic E-state index is 12.1. The topological polar surface area (TPSA) is 46.3 Å². The fourth-order valence-electron chi connectivity index (χ4n) is 1.84. The van der Waals surface area contributed by atoms with Gasteiger partial charge < -0.3 is 10.6 Å². The molecule has 0 unspecified atom stereocenters. The van der Waals surface area contributed by atoms with E-state index in [9.17, 15) is 4.79 Å². The highest BCUT2D eigenvalue weighted by molar-refractivity contribution is 5.96. The van der Waals surface area contributed by atoms with E-state index in [0.717, 1.165) is 18.5 Å². The van der Waals surface area contributed by atoms with Crippen molar-refractivity contribution in [1.82, 2.24) is 0 Å². The van der Waals surface area contributed by atoms with Gasteiger partial charge in [0.2, 0.25) is 5.91 Å². The van der Waals surface area contributed by atoms with E-state index < -0.39 is 0 Å². The van der Waals surface area contributed by atoms with Crippen LogP contribution in [0.3, 0.4) is 0 Å². The lowest BCUT2D eigenvalue weighted by Gasteiger charge is -2.22. The zero-order valence-electron chi connectivity index (χ0n) is 9.65. The molecule has 0 bridgehead atoms.